The summed E-state index contributed by atoms with van der Waals surface area (Å²) in [6.07, 6.45) is 6.17. The minimum absolute atomic E-state index is 0.755. The molecule has 1 saturated heterocycles. The minimum Gasteiger partial charge on any atom is -0.381 e. The molecule has 0 radical (unpaired) electrons. The molecule has 6 heteroatoms. The van der Waals surface area contributed by atoms with E-state index in [1.54, 1.807) is 21.3 Å². The van der Waals surface area contributed by atoms with E-state index in [9.17, 15) is 0 Å². The number of ether oxygens (including phenoxy) is 1. The molecule has 1 heterocycles. The van der Waals surface area contributed by atoms with Gasteiger partial charge in [0.15, 0.2) is 0 Å². The molecule has 0 unspecified atom stereocenters. The first-order valence-electron chi connectivity index (χ1n) is 7.72. The van der Waals surface area contributed by atoms with Crippen LogP contribution < -0.4 is 0 Å². The van der Waals surface area contributed by atoms with E-state index < -0.39 is 8.80 Å². The maximum Gasteiger partial charge on any atom is 0.500 e. The average Bonchev–Trinajstić information content (AvgIpc) is 2.52. The van der Waals surface area contributed by atoms with E-state index in [0.717, 1.165) is 32.1 Å². The maximum atomic E-state index is 5.68. The fourth-order valence-electron chi connectivity index (χ4n) is 2.62. The lowest BCUT2D eigenvalue weighted by Crippen LogP contribution is -2.42. The average molecular weight is 305 g/mol. The van der Waals surface area contributed by atoms with Gasteiger partial charge in [-0.3, -0.25) is 0 Å². The highest BCUT2D eigenvalue weighted by Crippen LogP contribution is 2.15. The van der Waals surface area contributed by atoms with Gasteiger partial charge in [0.05, 0.1) is 0 Å². The molecule has 1 aliphatic rings. The summed E-state index contributed by atoms with van der Waals surface area (Å²) in [5.41, 5.74) is 0. The molecule has 0 amide bonds. The Morgan fingerprint density at radius 2 is 1.45 bits per heavy atom. The number of rotatable bonds is 11. The first-order valence-corrected chi connectivity index (χ1v) is 9.65. The van der Waals surface area contributed by atoms with Gasteiger partial charge >= 0.3 is 8.80 Å². The highest BCUT2D eigenvalue weighted by molar-refractivity contribution is 6.60. The fraction of sp³-hybridized carbons (Fsp3) is 1.00. The predicted octanol–water partition coefficient (Wildman–Crippen LogP) is 2.15. The molecule has 1 rings (SSSR count). The summed E-state index contributed by atoms with van der Waals surface area (Å²) in [5, 5.41) is 0. The second-order valence-electron chi connectivity index (χ2n) is 5.27. The van der Waals surface area contributed by atoms with Gasteiger partial charge < -0.3 is 22.9 Å². The first kappa shape index (κ1) is 18.1. The van der Waals surface area contributed by atoms with Crippen LogP contribution in [0.15, 0.2) is 0 Å². The summed E-state index contributed by atoms with van der Waals surface area (Å²) in [6, 6.07) is 0.808. The number of nitrogens with zero attached hydrogens (tertiary/aromatic N) is 1. The van der Waals surface area contributed by atoms with E-state index in [4.69, 9.17) is 18.0 Å². The minimum atomic E-state index is -2.40. The highest BCUT2D eigenvalue weighted by Gasteiger charge is 2.36. The Kier molecular flexibility index (Phi) is 9.67. The summed E-state index contributed by atoms with van der Waals surface area (Å²) in [6.45, 7) is 5.31. The molecule has 0 bridgehead atoms. The van der Waals surface area contributed by atoms with Gasteiger partial charge in [0.1, 0.15) is 0 Å². The topological polar surface area (TPSA) is 40.2 Å². The Hall–Kier alpha value is 0.0169. The van der Waals surface area contributed by atoms with Crippen molar-refractivity contribution in [3.63, 3.8) is 0 Å². The molecule has 20 heavy (non-hydrogen) atoms. The molecule has 0 aromatic rings. The predicted molar refractivity (Wildman–Crippen MR) is 81.9 cm³/mol. The molecule has 0 aromatic heterocycles. The Bertz CT molecular complexity index is 225. The van der Waals surface area contributed by atoms with Crippen molar-refractivity contribution < 1.29 is 18.0 Å². The largest absolute Gasteiger partial charge is 0.500 e. The zero-order valence-electron chi connectivity index (χ0n) is 13.4. The molecular formula is C14H31NO4Si. The van der Waals surface area contributed by atoms with E-state index in [2.05, 4.69) is 4.90 Å². The maximum absolute atomic E-state index is 5.68. The second kappa shape index (κ2) is 10.7. The number of hydrogen-bond donors (Lipinski definition) is 0. The van der Waals surface area contributed by atoms with Crippen LogP contribution in [0.5, 0.6) is 0 Å². The Morgan fingerprint density at radius 3 is 2.05 bits per heavy atom. The third-order valence-corrected chi connectivity index (χ3v) is 6.75. The number of piperidine rings is 1. The highest BCUT2D eigenvalue weighted by atomic mass is 28.4. The van der Waals surface area contributed by atoms with Crippen LogP contribution in [0.2, 0.25) is 6.04 Å². The van der Waals surface area contributed by atoms with Gasteiger partial charge in [-0.2, -0.15) is 0 Å². The summed E-state index contributed by atoms with van der Waals surface area (Å²) in [7, 11) is 2.55. The zero-order valence-corrected chi connectivity index (χ0v) is 14.4. The molecule has 5 nitrogen and oxygen atoms in total. The van der Waals surface area contributed by atoms with Crippen molar-refractivity contribution in [3.8, 4) is 0 Å². The first-order chi connectivity index (χ1) is 9.76. The van der Waals surface area contributed by atoms with Crippen LogP contribution in [0, 0.1) is 0 Å². The Balaban J connectivity index is 1.96. The SMILES string of the molecule is CO[Si](CCCOCCCN1CCCCC1)(OC)OC. The van der Waals surface area contributed by atoms with Gasteiger partial charge in [-0.15, -0.1) is 0 Å². The van der Waals surface area contributed by atoms with Gasteiger partial charge in [-0.05, 0) is 38.8 Å². The van der Waals surface area contributed by atoms with Gasteiger partial charge in [0.25, 0.3) is 0 Å². The molecule has 0 aliphatic carbocycles. The van der Waals surface area contributed by atoms with Crippen molar-refractivity contribution in [3.05, 3.63) is 0 Å². The molecule has 0 N–H and O–H groups in total. The smallest absolute Gasteiger partial charge is 0.381 e. The van der Waals surface area contributed by atoms with Crippen LogP contribution in [-0.4, -0.2) is 67.9 Å². The van der Waals surface area contributed by atoms with Gasteiger partial charge in [0.2, 0.25) is 0 Å². The van der Waals surface area contributed by atoms with E-state index in [1.807, 2.05) is 0 Å². The molecule has 1 aliphatic heterocycles. The summed E-state index contributed by atoms with van der Waals surface area (Å²) >= 11 is 0. The number of hydrogen-bond acceptors (Lipinski definition) is 5. The molecular weight excluding hydrogens is 274 g/mol. The quantitative estimate of drug-likeness (QED) is 0.432. The van der Waals surface area contributed by atoms with Crippen molar-refractivity contribution in [1.29, 1.82) is 0 Å². The van der Waals surface area contributed by atoms with Crippen molar-refractivity contribution in [2.45, 2.75) is 38.1 Å². The monoisotopic (exact) mass is 305 g/mol. The van der Waals surface area contributed by atoms with Crippen LogP contribution >= 0.6 is 0 Å². The van der Waals surface area contributed by atoms with Crippen LogP contribution in [0.4, 0.5) is 0 Å². The fourth-order valence-corrected chi connectivity index (χ4v) is 4.31. The van der Waals surface area contributed by atoms with Crippen LogP contribution in [0.1, 0.15) is 32.1 Å². The van der Waals surface area contributed by atoms with E-state index >= 15 is 0 Å². The van der Waals surface area contributed by atoms with Gasteiger partial charge in [-0.25, -0.2) is 0 Å². The summed E-state index contributed by atoms with van der Waals surface area (Å²) < 4.78 is 21.8. The molecule has 0 aromatic carbocycles. The molecule has 0 atom stereocenters. The van der Waals surface area contributed by atoms with Gasteiger partial charge in [0, 0.05) is 47.1 Å². The second-order valence-corrected chi connectivity index (χ2v) is 8.36. The van der Waals surface area contributed by atoms with Crippen LogP contribution in [0.25, 0.3) is 0 Å². The van der Waals surface area contributed by atoms with Crippen molar-refractivity contribution in [1.82, 2.24) is 4.90 Å². The van der Waals surface area contributed by atoms with Crippen molar-refractivity contribution >= 4 is 8.80 Å². The Labute approximate surface area is 124 Å². The third-order valence-electron chi connectivity index (χ3n) is 3.92. The number of likely N-dealkylation sites (tertiary alicyclic amines) is 1. The van der Waals surface area contributed by atoms with Crippen molar-refractivity contribution in [2.24, 2.45) is 0 Å². The van der Waals surface area contributed by atoms with E-state index in [-0.39, 0.29) is 0 Å². The molecule has 120 valence electrons. The Morgan fingerprint density at radius 1 is 0.850 bits per heavy atom. The normalized spacial score (nSPS) is 17.6. The third kappa shape index (κ3) is 6.65. The lowest BCUT2D eigenvalue weighted by Gasteiger charge is -2.26. The van der Waals surface area contributed by atoms with E-state index in [0.29, 0.717) is 0 Å². The summed E-state index contributed by atoms with van der Waals surface area (Å²) in [5.74, 6) is 0. The molecule has 0 spiro atoms. The van der Waals surface area contributed by atoms with E-state index in [1.165, 1.54) is 38.9 Å². The standard InChI is InChI=1S/C14H31NO4Si/c1-16-20(17-2,18-3)14-8-13-19-12-7-11-15-9-5-4-6-10-15/h4-14H2,1-3H3. The molecule has 0 saturated carbocycles. The lowest BCUT2D eigenvalue weighted by molar-refractivity contribution is 0.101. The zero-order chi connectivity index (χ0) is 14.7. The van der Waals surface area contributed by atoms with Crippen LogP contribution in [-0.2, 0) is 18.0 Å². The van der Waals surface area contributed by atoms with Gasteiger partial charge in [-0.1, -0.05) is 6.42 Å². The summed E-state index contributed by atoms with van der Waals surface area (Å²) in [4.78, 5) is 2.55. The lowest BCUT2D eigenvalue weighted by atomic mass is 10.1. The van der Waals surface area contributed by atoms with Crippen LogP contribution in [0.3, 0.4) is 0 Å². The molecule has 1 fully saturated rings. The van der Waals surface area contributed by atoms with Crippen molar-refractivity contribution in [2.75, 3.05) is 54.2 Å².